The second kappa shape index (κ2) is 6.48. The molecule has 1 aromatic carbocycles. The van der Waals surface area contributed by atoms with Crippen molar-refractivity contribution in [2.24, 2.45) is 0 Å². The van der Waals surface area contributed by atoms with E-state index in [1.54, 1.807) is 18.3 Å². The molecular formula is C17H18N4O2. The van der Waals surface area contributed by atoms with Gasteiger partial charge in [-0.3, -0.25) is 4.98 Å². The van der Waals surface area contributed by atoms with Crippen LogP contribution in [0.1, 0.15) is 5.69 Å². The molecule has 0 amide bonds. The number of phenols is 1. The number of aromatic nitrogens is 3. The molecule has 2 aromatic heterocycles. The van der Waals surface area contributed by atoms with E-state index in [1.807, 2.05) is 30.1 Å². The number of ether oxygens (including phenoxy) is 1. The molecule has 0 saturated carbocycles. The standard InChI is InChI=1S/C17H18N4O2/c1-21(8-6-12-5-3-4-7-18-12)17-13-9-15(22)16(23-2)10-14(13)19-11-20-17/h3-5,7,9-11,22H,6,8H2,1-2H3. The lowest BCUT2D eigenvalue weighted by atomic mass is 10.2. The quantitative estimate of drug-likeness (QED) is 0.780. The third-order valence-electron chi connectivity index (χ3n) is 3.71. The number of likely N-dealkylation sites (N-methyl/N-ethyl adjacent to an activating group) is 1. The van der Waals surface area contributed by atoms with Gasteiger partial charge in [0.25, 0.3) is 0 Å². The van der Waals surface area contributed by atoms with Crippen LogP contribution >= 0.6 is 0 Å². The highest BCUT2D eigenvalue weighted by molar-refractivity contribution is 5.91. The van der Waals surface area contributed by atoms with E-state index in [9.17, 15) is 5.11 Å². The maximum atomic E-state index is 10.0. The molecule has 6 nitrogen and oxygen atoms in total. The first-order valence-electron chi connectivity index (χ1n) is 7.32. The van der Waals surface area contributed by atoms with Gasteiger partial charge in [-0.15, -0.1) is 0 Å². The number of hydrogen-bond acceptors (Lipinski definition) is 6. The van der Waals surface area contributed by atoms with Crippen LogP contribution in [0.2, 0.25) is 0 Å². The minimum atomic E-state index is 0.0779. The smallest absolute Gasteiger partial charge is 0.162 e. The van der Waals surface area contributed by atoms with Crippen molar-refractivity contribution in [2.75, 3.05) is 25.6 Å². The summed E-state index contributed by atoms with van der Waals surface area (Å²) < 4.78 is 5.13. The average molecular weight is 310 g/mol. The van der Waals surface area contributed by atoms with Crippen molar-refractivity contribution in [2.45, 2.75) is 6.42 Å². The number of hydrogen-bond donors (Lipinski definition) is 1. The van der Waals surface area contributed by atoms with E-state index in [4.69, 9.17) is 4.74 Å². The van der Waals surface area contributed by atoms with Gasteiger partial charge in [0.05, 0.1) is 12.6 Å². The van der Waals surface area contributed by atoms with Gasteiger partial charge in [0.2, 0.25) is 0 Å². The summed E-state index contributed by atoms with van der Waals surface area (Å²) in [4.78, 5) is 15.0. The summed E-state index contributed by atoms with van der Waals surface area (Å²) in [6, 6.07) is 9.24. The fourth-order valence-corrected chi connectivity index (χ4v) is 2.46. The molecular weight excluding hydrogens is 292 g/mol. The predicted octanol–water partition coefficient (Wildman–Crippen LogP) is 2.42. The Morgan fingerprint density at radius 3 is 2.78 bits per heavy atom. The van der Waals surface area contributed by atoms with E-state index in [2.05, 4.69) is 15.0 Å². The minimum Gasteiger partial charge on any atom is -0.504 e. The molecule has 6 heteroatoms. The van der Waals surface area contributed by atoms with Crippen molar-refractivity contribution < 1.29 is 9.84 Å². The summed E-state index contributed by atoms with van der Waals surface area (Å²) in [5, 5.41) is 10.8. The van der Waals surface area contributed by atoms with Gasteiger partial charge in [-0.2, -0.15) is 0 Å². The fraction of sp³-hybridized carbons (Fsp3) is 0.235. The number of aromatic hydroxyl groups is 1. The number of benzene rings is 1. The minimum absolute atomic E-state index is 0.0779. The van der Waals surface area contributed by atoms with E-state index < -0.39 is 0 Å². The first-order chi connectivity index (χ1) is 11.2. The molecule has 2 heterocycles. The molecule has 1 N–H and O–H groups in total. The maximum absolute atomic E-state index is 10.0. The lowest BCUT2D eigenvalue weighted by Crippen LogP contribution is -2.22. The first kappa shape index (κ1) is 15.0. The van der Waals surface area contributed by atoms with Gasteiger partial charge in [0, 0.05) is 43.4 Å². The van der Waals surface area contributed by atoms with Crippen molar-refractivity contribution in [1.82, 2.24) is 15.0 Å². The molecule has 0 fully saturated rings. The van der Waals surface area contributed by atoms with Crippen molar-refractivity contribution >= 4 is 16.7 Å². The Labute approximate surface area is 134 Å². The molecule has 3 aromatic rings. The van der Waals surface area contributed by atoms with E-state index in [1.165, 1.54) is 13.4 Å². The van der Waals surface area contributed by atoms with Gasteiger partial charge in [0.1, 0.15) is 12.1 Å². The molecule has 0 bridgehead atoms. The zero-order chi connectivity index (χ0) is 16.2. The Balaban J connectivity index is 1.88. The number of rotatable bonds is 5. The SMILES string of the molecule is COc1cc2ncnc(N(C)CCc3ccccn3)c2cc1O. The molecule has 0 spiro atoms. The zero-order valence-electron chi connectivity index (χ0n) is 13.1. The lowest BCUT2D eigenvalue weighted by Gasteiger charge is -2.19. The summed E-state index contributed by atoms with van der Waals surface area (Å²) in [7, 11) is 3.48. The van der Waals surface area contributed by atoms with Crippen LogP contribution in [0.25, 0.3) is 10.9 Å². The second-order valence-corrected chi connectivity index (χ2v) is 5.23. The number of methoxy groups -OCH3 is 1. The van der Waals surface area contributed by atoms with Crippen LogP contribution < -0.4 is 9.64 Å². The molecule has 0 aliphatic rings. The Morgan fingerprint density at radius 2 is 2.04 bits per heavy atom. The summed E-state index contributed by atoms with van der Waals surface area (Å²) in [6.45, 7) is 0.760. The van der Waals surface area contributed by atoms with Crippen LogP contribution in [0.4, 0.5) is 5.82 Å². The van der Waals surface area contributed by atoms with E-state index in [-0.39, 0.29) is 5.75 Å². The second-order valence-electron chi connectivity index (χ2n) is 5.23. The number of phenolic OH excluding ortho intramolecular Hbond substituents is 1. The monoisotopic (exact) mass is 310 g/mol. The number of fused-ring (bicyclic) bond motifs is 1. The molecule has 0 radical (unpaired) electrons. The summed E-state index contributed by atoms with van der Waals surface area (Å²) in [5.41, 5.74) is 1.76. The van der Waals surface area contributed by atoms with Gasteiger partial charge in [-0.25, -0.2) is 9.97 Å². The van der Waals surface area contributed by atoms with Crippen LogP contribution in [0.3, 0.4) is 0 Å². The zero-order valence-corrected chi connectivity index (χ0v) is 13.1. The lowest BCUT2D eigenvalue weighted by molar-refractivity contribution is 0.374. The summed E-state index contributed by atoms with van der Waals surface area (Å²) in [5.74, 6) is 1.25. The predicted molar refractivity (Wildman–Crippen MR) is 89.0 cm³/mol. The molecule has 0 atom stereocenters. The Hall–Kier alpha value is -2.89. The average Bonchev–Trinajstić information content (AvgIpc) is 2.59. The van der Waals surface area contributed by atoms with E-state index in [0.717, 1.165) is 35.4 Å². The fourth-order valence-electron chi connectivity index (χ4n) is 2.46. The normalized spacial score (nSPS) is 10.7. The highest BCUT2D eigenvalue weighted by Crippen LogP contribution is 2.33. The van der Waals surface area contributed by atoms with E-state index in [0.29, 0.717) is 5.75 Å². The largest absolute Gasteiger partial charge is 0.504 e. The molecule has 118 valence electrons. The maximum Gasteiger partial charge on any atom is 0.162 e. The van der Waals surface area contributed by atoms with Gasteiger partial charge in [-0.05, 0) is 18.2 Å². The van der Waals surface area contributed by atoms with Crippen LogP contribution in [0, 0.1) is 0 Å². The number of nitrogens with zero attached hydrogens (tertiary/aromatic N) is 4. The van der Waals surface area contributed by atoms with Crippen LogP contribution in [-0.4, -0.2) is 40.8 Å². The highest BCUT2D eigenvalue weighted by Gasteiger charge is 2.12. The molecule has 0 aliphatic heterocycles. The Kier molecular flexibility index (Phi) is 4.23. The van der Waals surface area contributed by atoms with Crippen molar-refractivity contribution in [3.8, 4) is 11.5 Å². The van der Waals surface area contributed by atoms with Crippen molar-refractivity contribution in [1.29, 1.82) is 0 Å². The third kappa shape index (κ3) is 3.15. The van der Waals surface area contributed by atoms with Gasteiger partial charge in [-0.1, -0.05) is 6.07 Å². The van der Waals surface area contributed by atoms with Gasteiger partial charge < -0.3 is 14.7 Å². The molecule has 0 aliphatic carbocycles. The Bertz CT molecular complexity index is 808. The molecule has 0 saturated heterocycles. The van der Waals surface area contributed by atoms with Crippen LogP contribution in [0.15, 0.2) is 42.9 Å². The number of pyridine rings is 1. The first-order valence-corrected chi connectivity index (χ1v) is 7.32. The van der Waals surface area contributed by atoms with E-state index >= 15 is 0 Å². The molecule has 23 heavy (non-hydrogen) atoms. The summed E-state index contributed by atoms with van der Waals surface area (Å²) in [6.07, 6.45) is 4.12. The molecule has 3 rings (SSSR count). The Morgan fingerprint density at radius 1 is 1.17 bits per heavy atom. The van der Waals surface area contributed by atoms with Gasteiger partial charge >= 0.3 is 0 Å². The van der Waals surface area contributed by atoms with Crippen molar-refractivity contribution in [3.05, 3.63) is 48.5 Å². The van der Waals surface area contributed by atoms with Crippen LogP contribution in [-0.2, 0) is 6.42 Å². The molecule has 0 unspecified atom stereocenters. The van der Waals surface area contributed by atoms with Crippen LogP contribution in [0.5, 0.6) is 11.5 Å². The van der Waals surface area contributed by atoms with Gasteiger partial charge in [0.15, 0.2) is 11.5 Å². The highest BCUT2D eigenvalue weighted by atomic mass is 16.5. The number of anilines is 1. The summed E-state index contributed by atoms with van der Waals surface area (Å²) >= 11 is 0. The third-order valence-corrected chi connectivity index (χ3v) is 3.71. The topological polar surface area (TPSA) is 71.4 Å². The van der Waals surface area contributed by atoms with Crippen molar-refractivity contribution in [3.63, 3.8) is 0 Å².